The number of benzene rings is 1. The van der Waals surface area contributed by atoms with E-state index < -0.39 is 5.54 Å². The molecule has 1 amide bonds. The van der Waals surface area contributed by atoms with Gasteiger partial charge in [-0.2, -0.15) is 4.98 Å². The van der Waals surface area contributed by atoms with Crippen LogP contribution < -0.4 is 10.6 Å². The van der Waals surface area contributed by atoms with E-state index in [1.165, 1.54) is 0 Å². The van der Waals surface area contributed by atoms with E-state index in [9.17, 15) is 4.79 Å². The predicted molar refractivity (Wildman–Crippen MR) is 81.0 cm³/mol. The van der Waals surface area contributed by atoms with E-state index in [1.807, 2.05) is 29.2 Å². The molecule has 114 valence electrons. The number of hydrogen-bond donors (Lipinski definition) is 1. The highest BCUT2D eigenvalue weighted by Gasteiger charge is 2.39. The summed E-state index contributed by atoms with van der Waals surface area (Å²) in [7, 11) is 0. The molecule has 2 aromatic rings. The van der Waals surface area contributed by atoms with Crippen molar-refractivity contribution < 1.29 is 9.32 Å². The second kappa shape index (κ2) is 4.91. The lowest BCUT2D eigenvalue weighted by Crippen LogP contribution is -2.44. The second-order valence-electron chi connectivity index (χ2n) is 6.13. The molecule has 0 spiro atoms. The van der Waals surface area contributed by atoms with Crippen LogP contribution in [0.3, 0.4) is 0 Å². The number of rotatable bonds is 3. The zero-order valence-electron chi connectivity index (χ0n) is 12.3. The van der Waals surface area contributed by atoms with Gasteiger partial charge in [0, 0.05) is 24.2 Å². The second-order valence-corrected chi connectivity index (χ2v) is 6.13. The molecular formula is C16H18N4O2. The average Bonchev–Trinajstić information content (AvgIpc) is 3.14. The molecule has 0 bridgehead atoms. The molecule has 1 saturated heterocycles. The number of carbonyl (C=O) groups is 1. The Morgan fingerprint density at radius 3 is 2.55 bits per heavy atom. The largest absolute Gasteiger partial charge is 0.334 e. The smallest absolute Gasteiger partial charge is 0.257 e. The van der Waals surface area contributed by atoms with Gasteiger partial charge in [-0.25, -0.2) is 0 Å². The van der Waals surface area contributed by atoms with Crippen molar-refractivity contribution in [2.75, 3.05) is 11.4 Å². The number of anilines is 1. The number of carbonyl (C=O) groups excluding carboxylic acids is 1. The maximum Gasteiger partial charge on any atom is 0.257 e. The monoisotopic (exact) mass is 298 g/mol. The summed E-state index contributed by atoms with van der Waals surface area (Å²) in [6.45, 7) is 0.790. The third-order valence-corrected chi connectivity index (χ3v) is 4.62. The van der Waals surface area contributed by atoms with Crippen LogP contribution in [0.4, 0.5) is 5.69 Å². The first kappa shape index (κ1) is 13.5. The molecule has 0 unspecified atom stereocenters. The van der Waals surface area contributed by atoms with Crippen LogP contribution in [0.15, 0.2) is 28.8 Å². The van der Waals surface area contributed by atoms with Crippen molar-refractivity contribution in [2.24, 2.45) is 5.73 Å². The van der Waals surface area contributed by atoms with Crippen molar-refractivity contribution in [2.45, 2.75) is 37.6 Å². The maximum atomic E-state index is 11.8. The van der Waals surface area contributed by atoms with Gasteiger partial charge in [0.1, 0.15) is 0 Å². The van der Waals surface area contributed by atoms with Gasteiger partial charge < -0.3 is 15.2 Å². The summed E-state index contributed by atoms with van der Waals surface area (Å²) < 4.78 is 5.34. The van der Waals surface area contributed by atoms with E-state index in [1.54, 1.807) is 0 Å². The Balaban J connectivity index is 1.57. The molecule has 6 heteroatoms. The fourth-order valence-corrected chi connectivity index (χ4v) is 3.03. The molecule has 0 radical (unpaired) electrons. The number of amides is 1. The van der Waals surface area contributed by atoms with Crippen molar-refractivity contribution in [1.82, 2.24) is 10.1 Å². The van der Waals surface area contributed by atoms with Crippen LogP contribution in [0, 0.1) is 0 Å². The van der Waals surface area contributed by atoms with E-state index in [4.69, 9.17) is 10.3 Å². The first-order valence-corrected chi connectivity index (χ1v) is 7.70. The van der Waals surface area contributed by atoms with Gasteiger partial charge in [-0.05, 0) is 49.9 Å². The molecule has 2 N–H and O–H groups in total. The summed E-state index contributed by atoms with van der Waals surface area (Å²) in [6.07, 6.45) is 4.47. The van der Waals surface area contributed by atoms with Crippen molar-refractivity contribution in [3.05, 3.63) is 30.1 Å². The van der Waals surface area contributed by atoms with Crippen LogP contribution >= 0.6 is 0 Å². The first-order chi connectivity index (χ1) is 10.7. The highest BCUT2D eigenvalue weighted by atomic mass is 16.5. The van der Waals surface area contributed by atoms with Crippen molar-refractivity contribution in [3.8, 4) is 11.5 Å². The highest BCUT2D eigenvalue weighted by molar-refractivity contribution is 5.95. The van der Waals surface area contributed by atoms with Crippen LogP contribution in [-0.4, -0.2) is 22.6 Å². The normalized spacial score (nSPS) is 20.2. The van der Waals surface area contributed by atoms with Gasteiger partial charge in [0.25, 0.3) is 5.89 Å². The third-order valence-electron chi connectivity index (χ3n) is 4.62. The molecule has 1 aliphatic heterocycles. The van der Waals surface area contributed by atoms with Crippen LogP contribution in [0.2, 0.25) is 0 Å². The molecule has 2 fully saturated rings. The van der Waals surface area contributed by atoms with Crippen LogP contribution in [-0.2, 0) is 10.3 Å². The van der Waals surface area contributed by atoms with Crippen LogP contribution in [0.25, 0.3) is 11.5 Å². The van der Waals surface area contributed by atoms with E-state index in [0.29, 0.717) is 18.1 Å². The lowest BCUT2D eigenvalue weighted by atomic mass is 9.77. The minimum absolute atomic E-state index is 0.183. The molecule has 1 aromatic heterocycles. The molecule has 22 heavy (non-hydrogen) atoms. The molecule has 2 aliphatic rings. The number of nitrogens with two attached hydrogens (primary N) is 1. The molecule has 6 nitrogen and oxygen atoms in total. The Kier molecular flexibility index (Phi) is 3.00. The summed E-state index contributed by atoms with van der Waals surface area (Å²) in [4.78, 5) is 18.0. The Hall–Kier alpha value is -2.21. The van der Waals surface area contributed by atoms with Crippen molar-refractivity contribution in [1.29, 1.82) is 0 Å². The fourth-order valence-electron chi connectivity index (χ4n) is 3.03. The average molecular weight is 298 g/mol. The summed E-state index contributed by atoms with van der Waals surface area (Å²) in [5.74, 6) is 1.25. The zero-order valence-corrected chi connectivity index (χ0v) is 12.3. The summed E-state index contributed by atoms with van der Waals surface area (Å²) in [5.41, 5.74) is 7.56. The first-order valence-electron chi connectivity index (χ1n) is 7.70. The zero-order chi connectivity index (χ0) is 15.2. The van der Waals surface area contributed by atoms with Crippen LogP contribution in [0.1, 0.15) is 37.9 Å². The van der Waals surface area contributed by atoms with Gasteiger partial charge >= 0.3 is 0 Å². The number of nitrogens with zero attached hydrogens (tertiary/aromatic N) is 3. The topological polar surface area (TPSA) is 85.2 Å². The summed E-state index contributed by atoms with van der Waals surface area (Å²) >= 11 is 0. The van der Waals surface area contributed by atoms with E-state index in [-0.39, 0.29) is 5.91 Å². The van der Waals surface area contributed by atoms with Gasteiger partial charge in [-0.3, -0.25) is 4.79 Å². The molecular weight excluding hydrogens is 280 g/mol. The van der Waals surface area contributed by atoms with Gasteiger partial charge in [-0.15, -0.1) is 0 Å². The standard InChI is InChI=1S/C16H18N4O2/c17-16(8-2-9-16)15-18-14(22-19-15)11-4-6-12(7-5-11)20-10-1-3-13(20)21/h4-7H,1-3,8-10,17H2. The third kappa shape index (κ3) is 2.11. The van der Waals surface area contributed by atoms with Crippen molar-refractivity contribution >= 4 is 11.6 Å². The molecule has 1 aliphatic carbocycles. The van der Waals surface area contributed by atoms with Gasteiger partial charge in [0.15, 0.2) is 5.82 Å². The Morgan fingerprint density at radius 1 is 1.18 bits per heavy atom. The maximum absolute atomic E-state index is 11.8. The molecule has 0 atom stereocenters. The molecule has 4 rings (SSSR count). The van der Waals surface area contributed by atoms with Gasteiger partial charge in [0.2, 0.25) is 5.91 Å². The van der Waals surface area contributed by atoms with Crippen LogP contribution in [0.5, 0.6) is 0 Å². The Bertz CT molecular complexity index is 703. The number of aromatic nitrogens is 2. The van der Waals surface area contributed by atoms with Crippen molar-refractivity contribution in [3.63, 3.8) is 0 Å². The number of hydrogen-bond acceptors (Lipinski definition) is 5. The summed E-state index contributed by atoms with van der Waals surface area (Å²) in [5, 5.41) is 4.02. The van der Waals surface area contributed by atoms with E-state index in [2.05, 4.69) is 10.1 Å². The summed E-state index contributed by atoms with van der Waals surface area (Å²) in [6, 6.07) is 7.65. The predicted octanol–water partition coefficient (Wildman–Crippen LogP) is 2.20. The van der Waals surface area contributed by atoms with E-state index in [0.717, 1.165) is 43.5 Å². The minimum Gasteiger partial charge on any atom is -0.334 e. The molecule has 1 aromatic carbocycles. The Labute approximate surface area is 128 Å². The quantitative estimate of drug-likeness (QED) is 0.939. The lowest BCUT2D eigenvalue weighted by Gasteiger charge is -2.34. The van der Waals surface area contributed by atoms with E-state index >= 15 is 0 Å². The lowest BCUT2D eigenvalue weighted by molar-refractivity contribution is -0.117. The van der Waals surface area contributed by atoms with Gasteiger partial charge in [0.05, 0.1) is 5.54 Å². The molecule has 1 saturated carbocycles. The fraction of sp³-hybridized carbons (Fsp3) is 0.438. The SMILES string of the molecule is NC1(c2noc(-c3ccc(N4CCCC4=O)cc3)n2)CCC1. The minimum atomic E-state index is -0.413. The Morgan fingerprint density at radius 2 is 1.95 bits per heavy atom. The highest BCUT2D eigenvalue weighted by Crippen LogP contribution is 2.37. The molecule has 2 heterocycles. The van der Waals surface area contributed by atoms with Gasteiger partial charge in [-0.1, -0.05) is 5.16 Å².